The molecule has 116 valence electrons. The Bertz CT molecular complexity index is 657. The van der Waals surface area contributed by atoms with Crippen LogP contribution in [-0.2, 0) is 11.2 Å². The predicted octanol–water partition coefficient (Wildman–Crippen LogP) is 2.72. The Labute approximate surface area is 133 Å². The molecular weight excluding hydrogens is 302 g/mol. The van der Waals surface area contributed by atoms with Crippen LogP contribution in [0.15, 0.2) is 30.6 Å². The highest BCUT2D eigenvalue weighted by Crippen LogP contribution is 2.26. The number of amides is 1. The van der Waals surface area contributed by atoms with E-state index in [1.165, 1.54) is 6.07 Å². The number of piperidine rings is 1. The zero-order chi connectivity index (χ0) is 15.5. The van der Waals surface area contributed by atoms with Crippen LogP contribution in [0.25, 0.3) is 0 Å². The molecule has 0 bridgehead atoms. The molecule has 5 nitrogen and oxygen atoms in total. The molecular formula is C16H18ClN3O2. The van der Waals surface area contributed by atoms with Crippen molar-refractivity contribution in [3.63, 3.8) is 0 Å². The predicted molar refractivity (Wildman–Crippen MR) is 84.0 cm³/mol. The normalized spacial score (nSPS) is 18.4. The first kappa shape index (κ1) is 14.9. The molecule has 0 spiro atoms. The summed E-state index contributed by atoms with van der Waals surface area (Å²) in [6, 6.07) is 4.89. The van der Waals surface area contributed by atoms with Gasteiger partial charge < -0.3 is 15.0 Å². The molecule has 6 heteroatoms. The Morgan fingerprint density at radius 2 is 2.36 bits per heavy atom. The first-order valence-electron chi connectivity index (χ1n) is 7.38. The molecule has 1 aliphatic heterocycles. The van der Waals surface area contributed by atoms with E-state index in [9.17, 15) is 9.90 Å². The van der Waals surface area contributed by atoms with Gasteiger partial charge in [-0.3, -0.25) is 4.79 Å². The fourth-order valence-corrected chi connectivity index (χ4v) is 3.08. The number of nitrogens with one attached hydrogen (secondary N) is 1. The van der Waals surface area contributed by atoms with Gasteiger partial charge in [-0.05, 0) is 30.5 Å². The average molecular weight is 320 g/mol. The Morgan fingerprint density at radius 3 is 3.09 bits per heavy atom. The van der Waals surface area contributed by atoms with Crippen molar-refractivity contribution >= 4 is 17.5 Å². The zero-order valence-corrected chi connectivity index (χ0v) is 12.9. The fraction of sp³-hybridized carbons (Fsp3) is 0.375. The summed E-state index contributed by atoms with van der Waals surface area (Å²) in [6.45, 7) is 1.47. The number of phenolic OH excluding ortho intramolecular Hbond substituents is 1. The Morgan fingerprint density at radius 1 is 1.50 bits per heavy atom. The first-order chi connectivity index (χ1) is 10.6. The summed E-state index contributed by atoms with van der Waals surface area (Å²) < 4.78 is 0. The second kappa shape index (κ2) is 6.40. The highest BCUT2D eigenvalue weighted by molar-refractivity contribution is 6.32. The molecule has 1 saturated heterocycles. The summed E-state index contributed by atoms with van der Waals surface area (Å²) in [5.41, 5.74) is 0.813. The van der Waals surface area contributed by atoms with E-state index in [1.54, 1.807) is 18.3 Å². The van der Waals surface area contributed by atoms with E-state index < -0.39 is 0 Å². The Kier molecular flexibility index (Phi) is 4.34. The number of H-pyrrole nitrogens is 1. The number of hydrogen-bond acceptors (Lipinski definition) is 3. The molecule has 0 saturated carbocycles. The smallest absolute Gasteiger partial charge is 0.227 e. The molecule has 1 amide bonds. The first-order valence-corrected chi connectivity index (χ1v) is 7.75. The maximum absolute atomic E-state index is 12.5. The van der Waals surface area contributed by atoms with Crippen LogP contribution in [0.4, 0.5) is 0 Å². The minimum absolute atomic E-state index is 0.0359. The monoisotopic (exact) mass is 319 g/mol. The number of hydrogen-bond donors (Lipinski definition) is 2. The van der Waals surface area contributed by atoms with Crippen LogP contribution < -0.4 is 0 Å². The number of aromatic hydroxyl groups is 1. The number of aromatic amines is 1. The SMILES string of the molecule is O=C(Cc1ccc(O)c(Cl)c1)N1CCC[C@H](c2ncc[nH]2)C1. The Hall–Kier alpha value is -2.01. The Balaban J connectivity index is 1.65. The van der Waals surface area contributed by atoms with Gasteiger partial charge in [0.2, 0.25) is 5.91 Å². The lowest BCUT2D eigenvalue weighted by atomic mass is 9.97. The molecule has 2 N–H and O–H groups in total. The number of carbonyl (C=O) groups is 1. The number of phenols is 1. The number of carbonyl (C=O) groups excluding carboxylic acids is 1. The lowest BCUT2D eigenvalue weighted by Gasteiger charge is -2.32. The van der Waals surface area contributed by atoms with E-state index in [1.807, 2.05) is 11.1 Å². The van der Waals surface area contributed by atoms with Crippen molar-refractivity contribution in [3.05, 3.63) is 47.0 Å². The van der Waals surface area contributed by atoms with E-state index in [4.69, 9.17) is 11.6 Å². The van der Waals surface area contributed by atoms with Crippen molar-refractivity contribution in [2.45, 2.75) is 25.2 Å². The van der Waals surface area contributed by atoms with Crippen LogP contribution in [-0.4, -0.2) is 39.0 Å². The van der Waals surface area contributed by atoms with Crippen LogP contribution in [0.5, 0.6) is 5.75 Å². The average Bonchev–Trinajstić information content (AvgIpc) is 3.05. The van der Waals surface area contributed by atoms with Gasteiger partial charge in [0.25, 0.3) is 0 Å². The highest BCUT2D eigenvalue weighted by atomic mass is 35.5. The largest absolute Gasteiger partial charge is 0.506 e. The molecule has 1 aromatic heterocycles. The van der Waals surface area contributed by atoms with E-state index >= 15 is 0 Å². The molecule has 0 unspecified atom stereocenters. The second-order valence-electron chi connectivity index (χ2n) is 5.62. The lowest BCUT2D eigenvalue weighted by molar-refractivity contribution is -0.131. The summed E-state index contributed by atoms with van der Waals surface area (Å²) >= 11 is 5.89. The standard InChI is InChI=1S/C16H18ClN3O2/c17-13-8-11(3-4-14(13)21)9-15(22)20-7-1-2-12(10-20)16-18-5-6-19-16/h3-6,8,12,21H,1-2,7,9-10H2,(H,18,19)/t12-/m0/s1. The van der Waals surface area contributed by atoms with Gasteiger partial charge >= 0.3 is 0 Å². The number of aromatic nitrogens is 2. The molecule has 1 atom stereocenters. The van der Waals surface area contributed by atoms with Crippen LogP contribution in [0, 0.1) is 0 Å². The van der Waals surface area contributed by atoms with Crippen molar-refractivity contribution in [2.75, 3.05) is 13.1 Å². The van der Waals surface area contributed by atoms with Crippen LogP contribution in [0.3, 0.4) is 0 Å². The number of imidazole rings is 1. The quantitative estimate of drug-likeness (QED) is 0.914. The molecule has 0 radical (unpaired) electrons. The van der Waals surface area contributed by atoms with Gasteiger partial charge in [-0.1, -0.05) is 17.7 Å². The van der Waals surface area contributed by atoms with Crippen molar-refractivity contribution in [2.24, 2.45) is 0 Å². The third-order valence-corrected chi connectivity index (χ3v) is 4.35. The number of nitrogens with zero attached hydrogens (tertiary/aromatic N) is 2. The van der Waals surface area contributed by atoms with Crippen molar-refractivity contribution in [1.82, 2.24) is 14.9 Å². The van der Waals surface area contributed by atoms with Gasteiger partial charge in [-0.2, -0.15) is 0 Å². The summed E-state index contributed by atoms with van der Waals surface area (Å²) in [5, 5.41) is 9.70. The number of halogens is 1. The number of likely N-dealkylation sites (tertiary alicyclic amines) is 1. The second-order valence-corrected chi connectivity index (χ2v) is 6.02. The van der Waals surface area contributed by atoms with Gasteiger partial charge in [0.1, 0.15) is 11.6 Å². The van der Waals surface area contributed by atoms with Crippen molar-refractivity contribution in [3.8, 4) is 5.75 Å². The molecule has 2 heterocycles. The topological polar surface area (TPSA) is 69.2 Å². The molecule has 1 aromatic carbocycles. The fourth-order valence-electron chi connectivity index (χ4n) is 2.87. The van der Waals surface area contributed by atoms with Gasteiger partial charge in [0.15, 0.2) is 0 Å². The third kappa shape index (κ3) is 3.25. The van der Waals surface area contributed by atoms with Crippen molar-refractivity contribution in [1.29, 1.82) is 0 Å². The zero-order valence-electron chi connectivity index (χ0n) is 12.1. The highest BCUT2D eigenvalue weighted by Gasteiger charge is 2.26. The molecule has 3 rings (SSSR count). The van der Waals surface area contributed by atoms with E-state index in [0.717, 1.165) is 30.8 Å². The van der Waals surface area contributed by atoms with Gasteiger partial charge in [0, 0.05) is 31.4 Å². The molecule has 22 heavy (non-hydrogen) atoms. The summed E-state index contributed by atoms with van der Waals surface area (Å²) in [5.74, 6) is 1.34. The minimum Gasteiger partial charge on any atom is -0.506 e. The molecule has 2 aromatic rings. The summed E-state index contributed by atoms with van der Waals surface area (Å²) in [7, 11) is 0. The summed E-state index contributed by atoms with van der Waals surface area (Å²) in [4.78, 5) is 21.8. The molecule has 0 aliphatic carbocycles. The van der Waals surface area contributed by atoms with Gasteiger partial charge in [0.05, 0.1) is 11.4 Å². The van der Waals surface area contributed by atoms with Crippen LogP contribution >= 0.6 is 11.6 Å². The maximum Gasteiger partial charge on any atom is 0.227 e. The maximum atomic E-state index is 12.5. The molecule has 1 aliphatic rings. The third-order valence-electron chi connectivity index (χ3n) is 4.05. The van der Waals surface area contributed by atoms with Crippen molar-refractivity contribution < 1.29 is 9.90 Å². The van der Waals surface area contributed by atoms with E-state index in [0.29, 0.717) is 13.0 Å². The van der Waals surface area contributed by atoms with Crippen LogP contribution in [0.2, 0.25) is 5.02 Å². The number of rotatable bonds is 3. The number of benzene rings is 1. The minimum atomic E-state index is 0.0359. The van der Waals surface area contributed by atoms with Gasteiger partial charge in [-0.15, -0.1) is 0 Å². The van der Waals surface area contributed by atoms with E-state index in [2.05, 4.69) is 9.97 Å². The lowest BCUT2D eigenvalue weighted by Crippen LogP contribution is -2.40. The van der Waals surface area contributed by atoms with Crippen LogP contribution in [0.1, 0.15) is 30.1 Å². The van der Waals surface area contributed by atoms with E-state index in [-0.39, 0.29) is 22.6 Å². The molecule has 1 fully saturated rings. The summed E-state index contributed by atoms with van der Waals surface area (Å²) in [6.07, 6.45) is 5.88. The van der Waals surface area contributed by atoms with Gasteiger partial charge in [-0.25, -0.2) is 4.98 Å².